The molecule has 1 aromatic rings. The zero-order valence-corrected chi connectivity index (χ0v) is 10.8. The molecule has 0 aliphatic rings. The monoisotopic (exact) mass is 254 g/mol. The van der Waals surface area contributed by atoms with E-state index < -0.39 is 5.97 Å². The van der Waals surface area contributed by atoms with Gasteiger partial charge >= 0.3 is 0 Å². The summed E-state index contributed by atoms with van der Waals surface area (Å²) >= 11 is 1.41. The maximum atomic E-state index is 9.00. The highest BCUT2D eigenvalue weighted by atomic mass is 32.2. The van der Waals surface area contributed by atoms with E-state index in [9.17, 15) is 0 Å². The van der Waals surface area contributed by atoms with Crippen LogP contribution in [0.5, 0.6) is 0 Å². The number of thioether (sulfide) groups is 1. The van der Waals surface area contributed by atoms with Crippen molar-refractivity contribution >= 4 is 22.9 Å². The fourth-order valence-electron chi connectivity index (χ4n) is 1.21. The molecule has 17 heavy (non-hydrogen) atoms. The Morgan fingerprint density at radius 2 is 1.94 bits per heavy atom. The molecule has 0 heterocycles. The van der Waals surface area contributed by atoms with Crippen molar-refractivity contribution in [2.24, 2.45) is 5.73 Å². The van der Waals surface area contributed by atoms with Gasteiger partial charge in [-0.25, -0.2) is 0 Å². The molecule has 0 aliphatic carbocycles. The number of nitrogens with two attached hydrogens (primary N) is 1. The molecular formula is C12H18N2O2S. The van der Waals surface area contributed by atoms with Gasteiger partial charge in [0.2, 0.25) is 0 Å². The van der Waals surface area contributed by atoms with E-state index in [0.29, 0.717) is 5.25 Å². The molecule has 0 amide bonds. The van der Waals surface area contributed by atoms with Crippen molar-refractivity contribution in [3.8, 4) is 0 Å². The van der Waals surface area contributed by atoms with Crippen LogP contribution in [0.15, 0.2) is 30.3 Å². The first-order valence-corrected chi connectivity index (χ1v) is 6.10. The van der Waals surface area contributed by atoms with Crippen molar-refractivity contribution in [2.45, 2.75) is 25.5 Å². The highest BCUT2D eigenvalue weighted by Gasteiger charge is 2.10. The maximum Gasteiger partial charge on any atom is 0.300 e. The van der Waals surface area contributed by atoms with E-state index in [-0.39, 0.29) is 5.17 Å². The van der Waals surface area contributed by atoms with E-state index >= 15 is 0 Å². The number of hydrogen-bond acceptors (Lipinski definition) is 3. The Balaban J connectivity index is 0.000000557. The van der Waals surface area contributed by atoms with E-state index in [2.05, 4.69) is 19.1 Å². The SMILES string of the molecule is CC(=O)O.CC[C@H](SC(=N)N)c1ccccc1. The molecule has 0 bridgehead atoms. The van der Waals surface area contributed by atoms with Gasteiger partial charge in [0.25, 0.3) is 5.97 Å². The number of carboxylic acid groups (broad SMARTS) is 1. The summed E-state index contributed by atoms with van der Waals surface area (Å²) in [5.74, 6) is -0.833. The molecule has 1 rings (SSSR count). The van der Waals surface area contributed by atoms with Crippen LogP contribution in [0, 0.1) is 5.41 Å². The molecule has 0 saturated heterocycles. The zero-order chi connectivity index (χ0) is 13.3. The number of rotatable bonds is 3. The summed E-state index contributed by atoms with van der Waals surface area (Å²) in [5, 5.41) is 15.1. The number of carbonyl (C=O) groups is 1. The zero-order valence-electron chi connectivity index (χ0n) is 10.0. The standard InChI is InChI=1S/C10H14N2S.C2H4O2/c1-2-9(13-10(11)12)8-6-4-3-5-7-8;1-2(3)4/h3-7,9H,2H2,1H3,(H3,11,12);1H3,(H,3,4)/t9-;/m0./s1. The van der Waals surface area contributed by atoms with Crippen LogP contribution in [0.3, 0.4) is 0 Å². The minimum Gasteiger partial charge on any atom is -0.481 e. The van der Waals surface area contributed by atoms with Gasteiger partial charge in [0.05, 0.1) is 0 Å². The Labute approximate surface area is 106 Å². The average molecular weight is 254 g/mol. The topological polar surface area (TPSA) is 87.2 Å². The van der Waals surface area contributed by atoms with Gasteiger partial charge in [-0.3, -0.25) is 10.2 Å². The first kappa shape index (κ1) is 15.5. The van der Waals surface area contributed by atoms with Crippen molar-refractivity contribution in [3.63, 3.8) is 0 Å². The van der Waals surface area contributed by atoms with Gasteiger partial charge in [0, 0.05) is 12.2 Å². The molecule has 0 radical (unpaired) electrons. The molecule has 0 aliphatic heterocycles. The molecule has 4 N–H and O–H groups in total. The molecule has 0 aromatic heterocycles. The summed E-state index contributed by atoms with van der Waals surface area (Å²) in [6.07, 6.45) is 0.994. The van der Waals surface area contributed by atoms with Crippen molar-refractivity contribution in [1.29, 1.82) is 5.41 Å². The molecule has 5 heteroatoms. The van der Waals surface area contributed by atoms with Gasteiger partial charge in [-0.15, -0.1) is 0 Å². The van der Waals surface area contributed by atoms with Crippen LogP contribution in [0.4, 0.5) is 0 Å². The van der Waals surface area contributed by atoms with Crippen LogP contribution < -0.4 is 5.73 Å². The molecule has 1 atom stereocenters. The highest BCUT2D eigenvalue weighted by Crippen LogP contribution is 2.30. The van der Waals surface area contributed by atoms with E-state index in [4.69, 9.17) is 21.0 Å². The Hall–Kier alpha value is -1.49. The van der Waals surface area contributed by atoms with Crippen molar-refractivity contribution in [1.82, 2.24) is 0 Å². The van der Waals surface area contributed by atoms with Gasteiger partial charge < -0.3 is 10.8 Å². The number of amidine groups is 1. The lowest BCUT2D eigenvalue weighted by molar-refractivity contribution is -0.134. The molecular weight excluding hydrogens is 236 g/mol. The highest BCUT2D eigenvalue weighted by molar-refractivity contribution is 8.13. The Bertz CT molecular complexity index is 351. The molecule has 4 nitrogen and oxygen atoms in total. The second-order valence-corrected chi connectivity index (χ2v) is 4.55. The first-order chi connectivity index (χ1) is 7.97. The maximum absolute atomic E-state index is 9.00. The van der Waals surface area contributed by atoms with Crippen LogP contribution in [0.1, 0.15) is 31.1 Å². The fraction of sp³-hybridized carbons (Fsp3) is 0.333. The van der Waals surface area contributed by atoms with Crippen molar-refractivity contribution in [3.05, 3.63) is 35.9 Å². The largest absolute Gasteiger partial charge is 0.481 e. The summed E-state index contributed by atoms with van der Waals surface area (Å²) in [7, 11) is 0. The van der Waals surface area contributed by atoms with Gasteiger partial charge in [-0.05, 0) is 12.0 Å². The van der Waals surface area contributed by atoms with Gasteiger partial charge in [-0.2, -0.15) is 0 Å². The minimum atomic E-state index is -0.833. The summed E-state index contributed by atoms with van der Waals surface area (Å²) in [4.78, 5) is 9.00. The Kier molecular flexibility index (Phi) is 7.88. The predicted molar refractivity (Wildman–Crippen MR) is 72.3 cm³/mol. The number of carboxylic acids is 1. The molecule has 0 fully saturated rings. The molecule has 0 spiro atoms. The van der Waals surface area contributed by atoms with Crippen LogP contribution in [-0.4, -0.2) is 16.2 Å². The second kappa shape index (κ2) is 8.64. The summed E-state index contributed by atoms with van der Waals surface area (Å²) < 4.78 is 0. The molecule has 0 saturated carbocycles. The van der Waals surface area contributed by atoms with E-state index in [1.807, 2.05) is 18.2 Å². The molecule has 1 aromatic carbocycles. The summed E-state index contributed by atoms with van der Waals surface area (Å²) in [5.41, 5.74) is 6.59. The summed E-state index contributed by atoms with van der Waals surface area (Å²) in [6.45, 7) is 3.19. The second-order valence-electron chi connectivity index (χ2n) is 3.31. The molecule has 0 unspecified atom stereocenters. The van der Waals surface area contributed by atoms with Gasteiger partial charge in [0.15, 0.2) is 5.17 Å². The van der Waals surface area contributed by atoms with Crippen LogP contribution >= 0.6 is 11.8 Å². The smallest absolute Gasteiger partial charge is 0.300 e. The third-order valence-corrected chi connectivity index (χ3v) is 2.96. The van der Waals surface area contributed by atoms with Crippen molar-refractivity contribution in [2.75, 3.05) is 0 Å². The number of benzene rings is 1. The quantitative estimate of drug-likeness (QED) is 0.571. The predicted octanol–water partition coefficient (Wildman–Crippen LogP) is 2.86. The number of aliphatic carboxylic acids is 1. The van der Waals surface area contributed by atoms with E-state index in [1.165, 1.54) is 17.3 Å². The van der Waals surface area contributed by atoms with E-state index in [1.54, 1.807) is 0 Å². The van der Waals surface area contributed by atoms with Gasteiger partial charge in [0.1, 0.15) is 0 Å². The lowest BCUT2D eigenvalue weighted by Gasteiger charge is -2.12. The average Bonchev–Trinajstić information content (AvgIpc) is 2.26. The summed E-state index contributed by atoms with van der Waals surface area (Å²) in [6, 6.07) is 10.2. The normalized spacial score (nSPS) is 10.9. The van der Waals surface area contributed by atoms with Crippen LogP contribution in [0.25, 0.3) is 0 Å². The van der Waals surface area contributed by atoms with Crippen molar-refractivity contribution < 1.29 is 9.90 Å². The lowest BCUT2D eigenvalue weighted by atomic mass is 10.1. The number of hydrogen-bond donors (Lipinski definition) is 3. The van der Waals surface area contributed by atoms with Crippen LogP contribution in [0.2, 0.25) is 0 Å². The fourth-order valence-corrected chi connectivity index (χ4v) is 1.97. The third kappa shape index (κ3) is 8.33. The third-order valence-electron chi connectivity index (χ3n) is 1.81. The lowest BCUT2D eigenvalue weighted by Crippen LogP contribution is -2.07. The van der Waals surface area contributed by atoms with Crippen LogP contribution in [-0.2, 0) is 4.79 Å². The Morgan fingerprint density at radius 3 is 2.29 bits per heavy atom. The van der Waals surface area contributed by atoms with E-state index in [0.717, 1.165) is 13.3 Å². The molecule has 94 valence electrons. The van der Waals surface area contributed by atoms with Gasteiger partial charge in [-0.1, -0.05) is 49.0 Å². The minimum absolute atomic E-state index is 0.190. The number of nitrogens with one attached hydrogen (secondary N) is 1. The first-order valence-electron chi connectivity index (χ1n) is 5.22. The Morgan fingerprint density at radius 1 is 1.47 bits per heavy atom.